The highest BCUT2D eigenvalue weighted by atomic mass is 16.4. The van der Waals surface area contributed by atoms with Crippen LogP contribution in [-0.2, 0) is 12.8 Å². The van der Waals surface area contributed by atoms with Crippen molar-refractivity contribution in [2.75, 3.05) is 5.73 Å². The van der Waals surface area contributed by atoms with Crippen LogP contribution in [0.15, 0.2) is 34.9 Å². The number of oxazole rings is 1. The predicted molar refractivity (Wildman–Crippen MR) is 59.5 cm³/mol. The van der Waals surface area contributed by atoms with Crippen molar-refractivity contribution < 1.29 is 4.42 Å². The maximum Gasteiger partial charge on any atom is 0.292 e. The van der Waals surface area contributed by atoms with Gasteiger partial charge in [0.1, 0.15) is 5.76 Å². The molecule has 0 aliphatic rings. The van der Waals surface area contributed by atoms with Crippen molar-refractivity contribution in [3.63, 3.8) is 0 Å². The molecule has 0 aliphatic heterocycles. The Balaban J connectivity index is 1.96. The normalized spacial score (nSPS) is 10.5. The summed E-state index contributed by atoms with van der Waals surface area (Å²) in [7, 11) is 0. The summed E-state index contributed by atoms with van der Waals surface area (Å²) in [6, 6.07) is 8.74. The molecule has 0 unspecified atom stereocenters. The van der Waals surface area contributed by atoms with Crippen molar-refractivity contribution >= 4 is 6.01 Å². The van der Waals surface area contributed by atoms with Crippen LogP contribution in [0.4, 0.5) is 6.01 Å². The third-order valence-corrected chi connectivity index (χ3v) is 2.35. The Hall–Kier alpha value is -1.77. The van der Waals surface area contributed by atoms with E-state index in [9.17, 15) is 0 Å². The lowest BCUT2D eigenvalue weighted by Crippen LogP contribution is -1.89. The molecule has 0 saturated carbocycles. The first-order valence-electron chi connectivity index (χ1n) is 5.00. The molecule has 2 aromatic rings. The number of aromatic nitrogens is 1. The molecule has 1 aromatic heterocycles. The molecule has 3 nitrogen and oxygen atoms in total. The highest BCUT2D eigenvalue weighted by Crippen LogP contribution is 2.10. The van der Waals surface area contributed by atoms with Crippen molar-refractivity contribution in [3.8, 4) is 0 Å². The van der Waals surface area contributed by atoms with Gasteiger partial charge in [0, 0.05) is 6.42 Å². The molecule has 15 heavy (non-hydrogen) atoms. The second-order valence-corrected chi connectivity index (χ2v) is 3.65. The summed E-state index contributed by atoms with van der Waals surface area (Å²) < 4.78 is 5.20. The van der Waals surface area contributed by atoms with Crippen LogP contribution < -0.4 is 5.73 Å². The van der Waals surface area contributed by atoms with Crippen molar-refractivity contribution in [1.82, 2.24) is 4.98 Å². The Morgan fingerprint density at radius 2 is 1.93 bits per heavy atom. The first-order valence-corrected chi connectivity index (χ1v) is 5.00. The molecular weight excluding hydrogens is 188 g/mol. The standard InChI is InChI=1S/C12H14N2O/c1-9-2-4-10(5-3-9)6-7-11-8-14-12(13)15-11/h2-5,8H,6-7H2,1H3,(H2,13,14). The molecular formula is C12H14N2O. The number of anilines is 1. The van der Waals surface area contributed by atoms with Crippen LogP contribution in [0.25, 0.3) is 0 Å². The van der Waals surface area contributed by atoms with Gasteiger partial charge in [-0.15, -0.1) is 0 Å². The number of hydrogen-bond donors (Lipinski definition) is 1. The van der Waals surface area contributed by atoms with Gasteiger partial charge in [-0.05, 0) is 18.9 Å². The smallest absolute Gasteiger partial charge is 0.292 e. The lowest BCUT2D eigenvalue weighted by molar-refractivity contribution is 0.522. The first kappa shape index (κ1) is 9.77. The van der Waals surface area contributed by atoms with Gasteiger partial charge in [-0.25, -0.2) is 4.98 Å². The van der Waals surface area contributed by atoms with Gasteiger partial charge in [0.15, 0.2) is 0 Å². The van der Waals surface area contributed by atoms with Crippen LogP contribution in [0.1, 0.15) is 16.9 Å². The van der Waals surface area contributed by atoms with E-state index >= 15 is 0 Å². The quantitative estimate of drug-likeness (QED) is 0.831. The average Bonchev–Trinajstić information content (AvgIpc) is 2.64. The maximum absolute atomic E-state index is 5.39. The number of nitrogens with zero attached hydrogens (tertiary/aromatic N) is 1. The largest absolute Gasteiger partial charge is 0.429 e. The van der Waals surface area contributed by atoms with E-state index in [1.54, 1.807) is 6.20 Å². The van der Waals surface area contributed by atoms with Crippen LogP contribution in [0.5, 0.6) is 0 Å². The Kier molecular flexibility index (Phi) is 2.72. The minimum absolute atomic E-state index is 0.244. The van der Waals surface area contributed by atoms with Crippen LogP contribution in [0, 0.1) is 6.92 Å². The topological polar surface area (TPSA) is 52.0 Å². The van der Waals surface area contributed by atoms with E-state index in [4.69, 9.17) is 10.2 Å². The van der Waals surface area contributed by atoms with E-state index in [0.29, 0.717) is 0 Å². The van der Waals surface area contributed by atoms with Crippen molar-refractivity contribution in [2.45, 2.75) is 19.8 Å². The number of rotatable bonds is 3. The second kappa shape index (κ2) is 4.17. The average molecular weight is 202 g/mol. The molecule has 0 aliphatic carbocycles. The Morgan fingerprint density at radius 1 is 1.20 bits per heavy atom. The van der Waals surface area contributed by atoms with Gasteiger partial charge in [0.2, 0.25) is 0 Å². The third-order valence-electron chi connectivity index (χ3n) is 2.35. The lowest BCUT2D eigenvalue weighted by Gasteiger charge is -1.99. The SMILES string of the molecule is Cc1ccc(CCc2cnc(N)o2)cc1. The van der Waals surface area contributed by atoms with E-state index in [-0.39, 0.29) is 6.01 Å². The highest BCUT2D eigenvalue weighted by molar-refractivity contribution is 5.22. The zero-order chi connectivity index (χ0) is 10.7. The Morgan fingerprint density at radius 3 is 2.53 bits per heavy atom. The molecule has 3 heteroatoms. The summed E-state index contributed by atoms with van der Waals surface area (Å²) in [5, 5.41) is 0. The molecule has 0 bridgehead atoms. The first-order chi connectivity index (χ1) is 7.24. The molecule has 0 amide bonds. The molecule has 1 heterocycles. The van der Waals surface area contributed by atoms with E-state index in [2.05, 4.69) is 36.2 Å². The summed E-state index contributed by atoms with van der Waals surface area (Å²) >= 11 is 0. The van der Waals surface area contributed by atoms with Gasteiger partial charge in [-0.1, -0.05) is 29.8 Å². The van der Waals surface area contributed by atoms with Crippen LogP contribution in [-0.4, -0.2) is 4.98 Å². The van der Waals surface area contributed by atoms with Crippen molar-refractivity contribution in [2.24, 2.45) is 0 Å². The minimum atomic E-state index is 0.244. The number of benzene rings is 1. The van der Waals surface area contributed by atoms with Gasteiger partial charge < -0.3 is 10.2 Å². The zero-order valence-corrected chi connectivity index (χ0v) is 8.73. The van der Waals surface area contributed by atoms with Crippen LogP contribution >= 0.6 is 0 Å². The lowest BCUT2D eigenvalue weighted by atomic mass is 10.1. The Bertz CT molecular complexity index is 431. The van der Waals surface area contributed by atoms with E-state index < -0.39 is 0 Å². The van der Waals surface area contributed by atoms with E-state index in [1.807, 2.05) is 0 Å². The second-order valence-electron chi connectivity index (χ2n) is 3.65. The molecule has 0 fully saturated rings. The molecule has 0 radical (unpaired) electrons. The summed E-state index contributed by atoms with van der Waals surface area (Å²) in [4.78, 5) is 3.85. The highest BCUT2D eigenvalue weighted by Gasteiger charge is 2.00. The number of nitrogens with two attached hydrogens (primary N) is 1. The predicted octanol–water partition coefficient (Wildman–Crippen LogP) is 2.35. The molecule has 2 N–H and O–H groups in total. The van der Waals surface area contributed by atoms with Crippen LogP contribution in [0.3, 0.4) is 0 Å². The molecule has 1 aromatic carbocycles. The summed E-state index contributed by atoms with van der Waals surface area (Å²) in [6.07, 6.45) is 3.48. The van der Waals surface area contributed by atoms with Gasteiger partial charge in [0.05, 0.1) is 6.20 Å². The summed E-state index contributed by atoms with van der Waals surface area (Å²) in [6.45, 7) is 2.08. The molecule has 2 rings (SSSR count). The minimum Gasteiger partial charge on any atom is -0.429 e. The van der Waals surface area contributed by atoms with Crippen LogP contribution in [0.2, 0.25) is 0 Å². The number of hydrogen-bond acceptors (Lipinski definition) is 3. The van der Waals surface area contributed by atoms with Gasteiger partial charge in [-0.3, -0.25) is 0 Å². The molecule has 78 valence electrons. The van der Waals surface area contributed by atoms with Crippen molar-refractivity contribution in [3.05, 3.63) is 47.3 Å². The summed E-state index contributed by atoms with van der Waals surface area (Å²) in [5.41, 5.74) is 7.97. The fourth-order valence-corrected chi connectivity index (χ4v) is 1.46. The molecule has 0 atom stereocenters. The Labute approximate surface area is 88.9 Å². The number of nitrogen functional groups attached to an aromatic ring is 1. The summed E-state index contributed by atoms with van der Waals surface area (Å²) in [5.74, 6) is 0.841. The van der Waals surface area contributed by atoms with Crippen molar-refractivity contribution in [1.29, 1.82) is 0 Å². The van der Waals surface area contributed by atoms with Gasteiger partial charge in [-0.2, -0.15) is 0 Å². The van der Waals surface area contributed by atoms with Gasteiger partial charge >= 0.3 is 0 Å². The molecule has 0 saturated heterocycles. The van der Waals surface area contributed by atoms with Gasteiger partial charge in [0.25, 0.3) is 6.01 Å². The fourth-order valence-electron chi connectivity index (χ4n) is 1.46. The monoisotopic (exact) mass is 202 g/mol. The molecule has 0 spiro atoms. The maximum atomic E-state index is 5.39. The third kappa shape index (κ3) is 2.59. The van der Waals surface area contributed by atoms with E-state index in [0.717, 1.165) is 18.6 Å². The zero-order valence-electron chi connectivity index (χ0n) is 8.73. The fraction of sp³-hybridized carbons (Fsp3) is 0.250. The number of aryl methyl sites for hydroxylation is 3. The van der Waals surface area contributed by atoms with E-state index in [1.165, 1.54) is 11.1 Å².